The number of amides is 1. The summed E-state index contributed by atoms with van der Waals surface area (Å²) < 4.78 is 10.5. The smallest absolute Gasteiger partial charge is 0.306 e. The van der Waals surface area contributed by atoms with E-state index in [0.29, 0.717) is 50.7 Å². The van der Waals surface area contributed by atoms with Gasteiger partial charge in [-0.15, -0.1) is 0 Å². The van der Waals surface area contributed by atoms with Gasteiger partial charge in [0.15, 0.2) is 5.82 Å². The highest BCUT2D eigenvalue weighted by Gasteiger charge is 2.25. The van der Waals surface area contributed by atoms with Crippen molar-refractivity contribution in [2.75, 3.05) is 19.7 Å². The fourth-order valence-electron chi connectivity index (χ4n) is 2.53. The van der Waals surface area contributed by atoms with E-state index in [1.807, 2.05) is 0 Å². The summed E-state index contributed by atoms with van der Waals surface area (Å²) in [4.78, 5) is 28.8. The van der Waals surface area contributed by atoms with Crippen molar-refractivity contribution in [1.29, 1.82) is 0 Å². The highest BCUT2D eigenvalue weighted by Crippen LogP contribution is 2.12. The van der Waals surface area contributed by atoms with Gasteiger partial charge in [0.05, 0.1) is 19.1 Å². The molecule has 1 saturated heterocycles. The zero-order valence-electron chi connectivity index (χ0n) is 13.4. The van der Waals surface area contributed by atoms with Crippen LogP contribution in [0.5, 0.6) is 0 Å². The molecule has 0 aromatic carbocycles. The van der Waals surface area contributed by atoms with Crippen LogP contribution in [0.4, 0.5) is 0 Å². The second kappa shape index (κ2) is 8.61. The molecule has 1 aromatic heterocycles. The predicted octanol–water partition coefficient (Wildman–Crippen LogP) is 1.05. The van der Waals surface area contributed by atoms with Gasteiger partial charge < -0.3 is 19.3 Å². The van der Waals surface area contributed by atoms with Crippen LogP contribution < -0.4 is 0 Å². The van der Waals surface area contributed by atoms with E-state index in [1.54, 1.807) is 4.90 Å². The molecule has 8 heteroatoms. The van der Waals surface area contributed by atoms with Gasteiger partial charge in [-0.3, -0.25) is 9.59 Å². The number of hydrogen-bond acceptors (Lipinski definition) is 6. The van der Waals surface area contributed by atoms with Gasteiger partial charge in [-0.1, -0.05) is 12.1 Å². The van der Waals surface area contributed by atoms with Crippen molar-refractivity contribution in [2.24, 2.45) is 0 Å². The number of morpholine rings is 1. The molecule has 0 saturated carbocycles. The number of carbonyl (C=O) groups is 2. The Kier molecular flexibility index (Phi) is 6.52. The molecule has 8 nitrogen and oxygen atoms in total. The Hall–Kier alpha value is -1.96. The molecular weight excluding hydrogens is 302 g/mol. The number of hydrogen-bond donors (Lipinski definition) is 1. The summed E-state index contributed by atoms with van der Waals surface area (Å²) in [6.45, 7) is 3.28. The molecule has 23 heavy (non-hydrogen) atoms. The van der Waals surface area contributed by atoms with Crippen LogP contribution in [0.3, 0.4) is 0 Å². The van der Waals surface area contributed by atoms with E-state index in [0.717, 1.165) is 12.8 Å². The highest BCUT2D eigenvalue weighted by molar-refractivity contribution is 5.76. The van der Waals surface area contributed by atoms with Gasteiger partial charge in [0.2, 0.25) is 11.8 Å². The van der Waals surface area contributed by atoms with Crippen molar-refractivity contribution in [3.8, 4) is 0 Å². The van der Waals surface area contributed by atoms with E-state index in [4.69, 9.17) is 14.4 Å². The number of aromatic nitrogens is 2. The third-order valence-corrected chi connectivity index (χ3v) is 3.66. The molecule has 1 aliphatic heterocycles. The Morgan fingerprint density at radius 1 is 1.39 bits per heavy atom. The SMILES string of the molecule is CCCc1noc(CCCC(=O)N2CCO[C@H](CC(=O)O)C2)n1. The molecule has 1 aliphatic rings. The molecule has 128 valence electrons. The summed E-state index contributed by atoms with van der Waals surface area (Å²) in [7, 11) is 0. The van der Waals surface area contributed by atoms with E-state index in [9.17, 15) is 9.59 Å². The van der Waals surface area contributed by atoms with E-state index in [2.05, 4.69) is 17.1 Å². The van der Waals surface area contributed by atoms with Crippen molar-refractivity contribution < 1.29 is 24.0 Å². The van der Waals surface area contributed by atoms with Crippen LogP contribution in [-0.4, -0.2) is 57.8 Å². The van der Waals surface area contributed by atoms with Gasteiger partial charge >= 0.3 is 5.97 Å². The number of ether oxygens (including phenoxy) is 1. The number of carbonyl (C=O) groups excluding carboxylic acids is 1. The molecule has 2 heterocycles. The molecule has 0 bridgehead atoms. The number of aryl methyl sites for hydroxylation is 2. The fraction of sp³-hybridized carbons (Fsp3) is 0.733. The normalized spacial score (nSPS) is 18.1. The lowest BCUT2D eigenvalue weighted by Crippen LogP contribution is -2.46. The standard InChI is InChI=1S/C15H23N3O5/c1-2-4-12-16-13(23-17-12)5-3-6-14(19)18-7-8-22-11(10-18)9-15(20)21/h11H,2-10H2,1H3,(H,20,21)/t11-/m1/s1. The van der Waals surface area contributed by atoms with Crippen molar-refractivity contribution in [2.45, 2.75) is 51.6 Å². The molecular formula is C15H23N3O5. The zero-order valence-corrected chi connectivity index (χ0v) is 13.4. The number of carboxylic acids is 1. The van der Waals surface area contributed by atoms with Gasteiger partial charge in [0.25, 0.3) is 0 Å². The molecule has 0 aliphatic carbocycles. The molecule has 0 spiro atoms. The Bertz CT molecular complexity index is 531. The maximum absolute atomic E-state index is 12.2. The van der Waals surface area contributed by atoms with E-state index < -0.39 is 12.1 Å². The summed E-state index contributed by atoms with van der Waals surface area (Å²) >= 11 is 0. The number of rotatable bonds is 8. The van der Waals surface area contributed by atoms with Crippen molar-refractivity contribution in [3.05, 3.63) is 11.7 Å². The van der Waals surface area contributed by atoms with Crippen LogP contribution in [-0.2, 0) is 27.2 Å². The first-order valence-corrected chi connectivity index (χ1v) is 8.01. The third-order valence-electron chi connectivity index (χ3n) is 3.66. The minimum Gasteiger partial charge on any atom is -0.481 e. The van der Waals surface area contributed by atoms with Crippen LogP contribution in [0.2, 0.25) is 0 Å². The van der Waals surface area contributed by atoms with Crippen LogP contribution >= 0.6 is 0 Å². The third kappa shape index (κ3) is 5.63. The average molecular weight is 325 g/mol. The summed E-state index contributed by atoms with van der Waals surface area (Å²) in [5.41, 5.74) is 0. The van der Waals surface area contributed by atoms with E-state index in [-0.39, 0.29) is 12.3 Å². The highest BCUT2D eigenvalue weighted by atomic mass is 16.5. The topological polar surface area (TPSA) is 106 Å². The first kappa shape index (κ1) is 17.4. The minimum atomic E-state index is -0.913. The second-order valence-corrected chi connectivity index (χ2v) is 5.64. The Balaban J connectivity index is 1.72. The lowest BCUT2D eigenvalue weighted by atomic mass is 10.1. The Morgan fingerprint density at radius 3 is 2.96 bits per heavy atom. The van der Waals surface area contributed by atoms with Crippen molar-refractivity contribution in [3.63, 3.8) is 0 Å². The molecule has 2 rings (SSSR count). The average Bonchev–Trinajstić information content (AvgIpc) is 2.95. The Labute approximate surface area is 134 Å². The molecule has 0 radical (unpaired) electrons. The molecule has 1 fully saturated rings. The maximum atomic E-state index is 12.2. The largest absolute Gasteiger partial charge is 0.481 e. The summed E-state index contributed by atoms with van der Waals surface area (Å²) in [6.07, 6.45) is 2.85. The zero-order chi connectivity index (χ0) is 16.7. The quantitative estimate of drug-likeness (QED) is 0.761. The van der Waals surface area contributed by atoms with Crippen molar-refractivity contribution >= 4 is 11.9 Å². The number of nitrogens with zero attached hydrogens (tertiary/aromatic N) is 3. The molecule has 1 N–H and O–H groups in total. The predicted molar refractivity (Wildman–Crippen MR) is 79.8 cm³/mol. The van der Waals surface area contributed by atoms with E-state index >= 15 is 0 Å². The summed E-state index contributed by atoms with van der Waals surface area (Å²) in [5.74, 6) is 0.367. The van der Waals surface area contributed by atoms with E-state index in [1.165, 1.54) is 0 Å². The monoisotopic (exact) mass is 325 g/mol. The van der Waals surface area contributed by atoms with Gasteiger partial charge in [-0.05, 0) is 12.8 Å². The summed E-state index contributed by atoms with van der Waals surface area (Å²) in [6, 6.07) is 0. The van der Waals surface area contributed by atoms with Gasteiger partial charge in [-0.25, -0.2) is 0 Å². The van der Waals surface area contributed by atoms with Crippen molar-refractivity contribution in [1.82, 2.24) is 15.0 Å². The van der Waals surface area contributed by atoms with Crippen LogP contribution in [0, 0.1) is 0 Å². The molecule has 0 unspecified atom stereocenters. The molecule has 1 aromatic rings. The molecule has 1 amide bonds. The lowest BCUT2D eigenvalue weighted by Gasteiger charge is -2.32. The minimum absolute atomic E-state index is 0.0111. The van der Waals surface area contributed by atoms with Crippen LogP contribution in [0.25, 0.3) is 0 Å². The summed E-state index contributed by atoms with van der Waals surface area (Å²) in [5, 5.41) is 12.7. The van der Waals surface area contributed by atoms with Crippen LogP contribution in [0.1, 0.15) is 44.3 Å². The second-order valence-electron chi connectivity index (χ2n) is 5.64. The number of aliphatic carboxylic acids is 1. The van der Waals surface area contributed by atoms with Gasteiger partial charge in [0, 0.05) is 32.4 Å². The van der Waals surface area contributed by atoms with Gasteiger partial charge in [-0.2, -0.15) is 4.98 Å². The van der Waals surface area contributed by atoms with Crippen LogP contribution in [0.15, 0.2) is 4.52 Å². The first-order chi connectivity index (χ1) is 11.1. The molecule has 1 atom stereocenters. The lowest BCUT2D eigenvalue weighted by molar-refractivity contribution is -0.147. The number of carboxylic acid groups (broad SMARTS) is 1. The fourth-order valence-corrected chi connectivity index (χ4v) is 2.53. The maximum Gasteiger partial charge on any atom is 0.306 e. The Morgan fingerprint density at radius 2 is 2.22 bits per heavy atom. The first-order valence-electron chi connectivity index (χ1n) is 8.01. The van der Waals surface area contributed by atoms with Gasteiger partial charge in [0.1, 0.15) is 0 Å².